The first-order chi connectivity index (χ1) is 10.1. The van der Waals surface area contributed by atoms with Crippen LogP contribution in [0.3, 0.4) is 0 Å². The Hall–Kier alpha value is -2.11. The van der Waals surface area contributed by atoms with Crippen LogP contribution in [0, 0.1) is 0 Å². The Bertz CT molecular complexity index is 873. The molecule has 6 heteroatoms. The molecule has 0 spiro atoms. The average molecular weight is 319 g/mol. The highest BCUT2D eigenvalue weighted by atomic mass is 35.5. The highest BCUT2D eigenvalue weighted by molar-refractivity contribution is 7.90. The average Bonchev–Trinajstić information content (AvgIpc) is 2.99. The molecule has 3 aromatic rings. The summed E-state index contributed by atoms with van der Waals surface area (Å²) in [4.78, 5) is 4.00. The molecule has 0 fully saturated rings. The van der Waals surface area contributed by atoms with Gasteiger partial charge in [0.1, 0.15) is 4.90 Å². The first-order valence-electron chi connectivity index (χ1n) is 6.18. The number of halogens is 1. The molecule has 0 unspecified atom stereocenters. The van der Waals surface area contributed by atoms with Crippen molar-refractivity contribution >= 4 is 21.6 Å². The quantitative estimate of drug-likeness (QED) is 0.743. The fraction of sp³-hybridized carbons (Fsp3) is 0. The van der Waals surface area contributed by atoms with Gasteiger partial charge in [-0.05, 0) is 30.3 Å². The van der Waals surface area contributed by atoms with E-state index in [1.54, 1.807) is 36.4 Å². The Morgan fingerprint density at radius 2 is 1.81 bits per heavy atom. The minimum Gasteiger partial charge on any atom is -0.263 e. The lowest BCUT2D eigenvalue weighted by Gasteiger charge is -2.11. The van der Waals surface area contributed by atoms with E-state index < -0.39 is 10.0 Å². The number of hydrogen-bond donors (Lipinski definition) is 0. The van der Waals surface area contributed by atoms with Crippen molar-refractivity contribution in [1.29, 1.82) is 0 Å². The number of nitrogens with zero attached hydrogens (tertiary/aromatic N) is 2. The molecular formula is C15H11ClN2O2S. The van der Waals surface area contributed by atoms with Crippen LogP contribution in [0.1, 0.15) is 0 Å². The molecule has 0 amide bonds. The van der Waals surface area contributed by atoms with E-state index in [4.69, 9.17) is 11.6 Å². The van der Waals surface area contributed by atoms with Crippen molar-refractivity contribution in [3.63, 3.8) is 0 Å². The summed E-state index contributed by atoms with van der Waals surface area (Å²) in [7, 11) is -3.70. The van der Waals surface area contributed by atoms with Gasteiger partial charge in [0, 0.05) is 29.2 Å². The topological polar surface area (TPSA) is 52.0 Å². The van der Waals surface area contributed by atoms with E-state index in [2.05, 4.69) is 4.98 Å². The van der Waals surface area contributed by atoms with Crippen LogP contribution in [-0.2, 0) is 10.0 Å². The lowest BCUT2D eigenvalue weighted by molar-refractivity contribution is 0.587. The monoisotopic (exact) mass is 318 g/mol. The third-order valence-electron chi connectivity index (χ3n) is 3.05. The van der Waals surface area contributed by atoms with Gasteiger partial charge in [-0.3, -0.25) is 4.98 Å². The van der Waals surface area contributed by atoms with Crippen LogP contribution in [-0.4, -0.2) is 17.4 Å². The van der Waals surface area contributed by atoms with Gasteiger partial charge in [-0.2, -0.15) is 0 Å². The minimum absolute atomic E-state index is 0.134. The summed E-state index contributed by atoms with van der Waals surface area (Å²) < 4.78 is 26.6. The molecule has 4 nitrogen and oxygen atoms in total. The van der Waals surface area contributed by atoms with Gasteiger partial charge in [-0.15, -0.1) is 0 Å². The van der Waals surface area contributed by atoms with Crippen LogP contribution in [0.15, 0.2) is 72.0 Å². The Morgan fingerprint density at radius 1 is 1.00 bits per heavy atom. The van der Waals surface area contributed by atoms with E-state index >= 15 is 0 Å². The molecule has 0 radical (unpaired) electrons. The molecule has 2 aromatic heterocycles. The van der Waals surface area contributed by atoms with Gasteiger partial charge in [0.15, 0.2) is 0 Å². The Labute approximate surface area is 127 Å². The summed E-state index contributed by atoms with van der Waals surface area (Å²) in [5.41, 5.74) is 1.18. The lowest BCUT2D eigenvalue weighted by Crippen LogP contribution is -2.13. The Kier molecular flexibility index (Phi) is 3.53. The Morgan fingerprint density at radius 3 is 2.52 bits per heavy atom. The fourth-order valence-electron chi connectivity index (χ4n) is 2.07. The fourth-order valence-corrected chi connectivity index (χ4v) is 3.62. The van der Waals surface area contributed by atoms with Crippen LogP contribution >= 0.6 is 11.6 Å². The van der Waals surface area contributed by atoms with Crippen molar-refractivity contribution in [2.45, 2.75) is 4.90 Å². The van der Waals surface area contributed by atoms with Crippen LogP contribution in [0.5, 0.6) is 0 Å². The van der Waals surface area contributed by atoms with Gasteiger partial charge in [-0.25, -0.2) is 12.4 Å². The third kappa shape index (κ3) is 2.46. The van der Waals surface area contributed by atoms with Crippen molar-refractivity contribution < 1.29 is 8.42 Å². The van der Waals surface area contributed by atoms with Crippen molar-refractivity contribution in [2.24, 2.45) is 0 Å². The second kappa shape index (κ2) is 5.35. The van der Waals surface area contributed by atoms with Gasteiger partial charge in [-0.1, -0.05) is 29.8 Å². The molecule has 0 aliphatic rings. The first kappa shape index (κ1) is 13.9. The molecule has 1 aromatic carbocycles. The Balaban J connectivity index is 2.19. The van der Waals surface area contributed by atoms with Crippen LogP contribution in [0.2, 0.25) is 5.02 Å². The molecule has 0 saturated heterocycles. The first-order valence-corrected chi connectivity index (χ1v) is 8.00. The smallest absolute Gasteiger partial charge is 0.263 e. The molecule has 106 valence electrons. The standard InChI is InChI=1S/C15H11ClN2O2S/c16-14-7-2-1-6-13(14)15-8-4-10-18(15)21(19,20)12-5-3-9-17-11-12/h1-11H. The maximum Gasteiger partial charge on any atom is 0.269 e. The zero-order chi connectivity index (χ0) is 14.9. The molecule has 0 aliphatic carbocycles. The predicted octanol–water partition coefficient (Wildman–Crippen LogP) is 3.44. The highest BCUT2D eigenvalue weighted by Gasteiger charge is 2.20. The predicted molar refractivity (Wildman–Crippen MR) is 81.7 cm³/mol. The maximum absolute atomic E-state index is 12.7. The number of rotatable bonds is 3. The zero-order valence-electron chi connectivity index (χ0n) is 10.8. The number of pyridine rings is 1. The van der Waals surface area contributed by atoms with Crippen molar-refractivity contribution in [2.75, 3.05) is 0 Å². The summed E-state index contributed by atoms with van der Waals surface area (Å²) in [6, 6.07) is 13.6. The SMILES string of the molecule is O=S(=O)(c1cccnc1)n1cccc1-c1ccccc1Cl. The summed E-state index contributed by atoms with van der Waals surface area (Å²) >= 11 is 6.16. The molecule has 0 atom stereocenters. The van der Waals surface area contributed by atoms with Crippen LogP contribution < -0.4 is 0 Å². The van der Waals surface area contributed by atoms with Crippen molar-refractivity contribution in [3.8, 4) is 11.3 Å². The molecule has 2 heterocycles. The third-order valence-corrected chi connectivity index (χ3v) is 5.06. The number of aromatic nitrogens is 2. The molecule has 3 rings (SSSR count). The van der Waals surface area contributed by atoms with Crippen LogP contribution in [0.25, 0.3) is 11.3 Å². The summed E-state index contributed by atoms with van der Waals surface area (Å²) in [5, 5.41) is 0.499. The van der Waals surface area contributed by atoms with Crippen molar-refractivity contribution in [1.82, 2.24) is 8.96 Å². The molecule has 0 bridgehead atoms. The molecule has 0 saturated carbocycles. The van der Waals surface area contributed by atoms with E-state index in [1.165, 1.54) is 28.6 Å². The highest BCUT2D eigenvalue weighted by Crippen LogP contribution is 2.30. The molecule has 0 N–H and O–H groups in total. The summed E-state index contributed by atoms with van der Waals surface area (Å²) in [6.45, 7) is 0. The van der Waals surface area contributed by atoms with Gasteiger partial charge < -0.3 is 0 Å². The lowest BCUT2D eigenvalue weighted by atomic mass is 10.2. The van der Waals surface area contributed by atoms with E-state index in [0.717, 1.165) is 0 Å². The van der Waals surface area contributed by atoms with Gasteiger partial charge in [0.2, 0.25) is 0 Å². The van der Waals surface area contributed by atoms with Gasteiger partial charge >= 0.3 is 0 Å². The maximum atomic E-state index is 12.7. The van der Waals surface area contributed by atoms with Crippen LogP contribution in [0.4, 0.5) is 0 Å². The van der Waals surface area contributed by atoms with E-state index in [9.17, 15) is 8.42 Å². The van der Waals surface area contributed by atoms with E-state index in [0.29, 0.717) is 16.3 Å². The summed E-state index contributed by atoms with van der Waals surface area (Å²) in [5.74, 6) is 0. The van der Waals surface area contributed by atoms with Gasteiger partial charge in [0.05, 0.1) is 5.69 Å². The second-order valence-corrected chi connectivity index (χ2v) is 6.58. The molecular weight excluding hydrogens is 308 g/mol. The molecule has 21 heavy (non-hydrogen) atoms. The number of benzene rings is 1. The minimum atomic E-state index is -3.70. The summed E-state index contributed by atoms with van der Waals surface area (Å²) in [6.07, 6.45) is 4.36. The second-order valence-electron chi connectivity index (χ2n) is 4.36. The van der Waals surface area contributed by atoms with E-state index in [-0.39, 0.29) is 4.90 Å². The van der Waals surface area contributed by atoms with Gasteiger partial charge in [0.25, 0.3) is 10.0 Å². The molecule has 0 aliphatic heterocycles. The zero-order valence-corrected chi connectivity index (χ0v) is 12.4. The largest absolute Gasteiger partial charge is 0.269 e. The van der Waals surface area contributed by atoms with Crippen molar-refractivity contribution in [3.05, 3.63) is 72.1 Å². The van der Waals surface area contributed by atoms with E-state index in [1.807, 2.05) is 6.07 Å². The normalized spacial score (nSPS) is 11.5. The number of hydrogen-bond acceptors (Lipinski definition) is 3.